The molecule has 0 saturated heterocycles. The van der Waals surface area contributed by atoms with Crippen molar-refractivity contribution < 1.29 is 9.21 Å². The molecule has 1 amide bonds. The van der Waals surface area contributed by atoms with Crippen LogP contribution in [-0.2, 0) is 7.05 Å². The minimum Gasteiger partial charge on any atom is -0.441 e. The Morgan fingerprint density at radius 1 is 1.30 bits per heavy atom. The maximum Gasteiger partial charge on any atom is 0.250 e. The molecule has 1 aromatic carbocycles. The molecule has 3 rings (SSSR count). The number of aryl methyl sites for hydroxylation is 1. The predicted molar refractivity (Wildman–Crippen MR) is 76.4 cm³/mol. The summed E-state index contributed by atoms with van der Waals surface area (Å²) in [6.45, 7) is 3.69. The average molecular weight is 269 g/mol. The van der Waals surface area contributed by atoms with Crippen molar-refractivity contribution in [1.29, 1.82) is 0 Å². The van der Waals surface area contributed by atoms with E-state index in [2.05, 4.69) is 4.98 Å². The van der Waals surface area contributed by atoms with Gasteiger partial charge < -0.3 is 14.7 Å². The number of primary amides is 1. The lowest BCUT2D eigenvalue weighted by atomic mass is 10.1. The smallest absolute Gasteiger partial charge is 0.250 e. The van der Waals surface area contributed by atoms with Crippen LogP contribution in [0.5, 0.6) is 0 Å². The molecule has 2 N–H and O–H groups in total. The summed E-state index contributed by atoms with van der Waals surface area (Å²) >= 11 is 0. The van der Waals surface area contributed by atoms with Crippen LogP contribution in [0.3, 0.4) is 0 Å². The molecule has 0 saturated carbocycles. The summed E-state index contributed by atoms with van der Waals surface area (Å²) in [7, 11) is 1.91. The second-order valence-electron chi connectivity index (χ2n) is 4.87. The number of nitrogens with zero attached hydrogens (tertiary/aromatic N) is 2. The first kappa shape index (κ1) is 12.5. The van der Waals surface area contributed by atoms with Gasteiger partial charge in [0, 0.05) is 30.9 Å². The van der Waals surface area contributed by atoms with Gasteiger partial charge in [0.25, 0.3) is 5.91 Å². The van der Waals surface area contributed by atoms with Crippen LogP contribution in [0.15, 0.2) is 28.7 Å². The van der Waals surface area contributed by atoms with Gasteiger partial charge in [0.15, 0.2) is 11.5 Å². The number of aromatic nitrogens is 2. The lowest BCUT2D eigenvalue weighted by molar-refractivity contribution is 0.0999. The zero-order valence-corrected chi connectivity index (χ0v) is 11.6. The van der Waals surface area contributed by atoms with Gasteiger partial charge in [-0.1, -0.05) is 0 Å². The molecule has 20 heavy (non-hydrogen) atoms. The third kappa shape index (κ3) is 1.79. The molecule has 0 fully saturated rings. The van der Waals surface area contributed by atoms with Gasteiger partial charge in [-0.3, -0.25) is 4.79 Å². The fraction of sp³-hybridized carbons (Fsp3) is 0.200. The van der Waals surface area contributed by atoms with Gasteiger partial charge in [-0.25, -0.2) is 4.98 Å². The molecule has 0 atom stereocenters. The van der Waals surface area contributed by atoms with Crippen LogP contribution in [0.4, 0.5) is 0 Å². The van der Waals surface area contributed by atoms with E-state index in [0.717, 1.165) is 28.1 Å². The first-order chi connectivity index (χ1) is 9.47. The van der Waals surface area contributed by atoms with Crippen molar-refractivity contribution in [3.63, 3.8) is 0 Å². The largest absolute Gasteiger partial charge is 0.441 e. The highest BCUT2D eigenvalue weighted by atomic mass is 16.3. The molecule has 3 aromatic rings. The molecule has 0 aliphatic rings. The maximum absolute atomic E-state index is 11.4. The van der Waals surface area contributed by atoms with Crippen LogP contribution >= 0.6 is 0 Å². The molecule has 0 radical (unpaired) electrons. The highest BCUT2D eigenvalue weighted by Gasteiger charge is 2.15. The summed E-state index contributed by atoms with van der Waals surface area (Å²) in [5, 5.41) is 0. The van der Waals surface area contributed by atoms with E-state index in [-0.39, 0.29) is 0 Å². The van der Waals surface area contributed by atoms with Crippen LogP contribution in [0.1, 0.15) is 21.9 Å². The number of hydrogen-bond acceptors (Lipinski definition) is 3. The SMILES string of the molecule is Cc1nc2cc(-c3cc(C(N)=O)c(C)n3C)ccc2o1. The Kier molecular flexibility index (Phi) is 2.64. The van der Waals surface area contributed by atoms with Crippen LogP contribution in [0.2, 0.25) is 0 Å². The summed E-state index contributed by atoms with van der Waals surface area (Å²) in [5.41, 5.74) is 10.2. The molecule has 0 aliphatic heterocycles. The van der Waals surface area contributed by atoms with Crippen molar-refractivity contribution in [2.75, 3.05) is 0 Å². The molecular formula is C15H15N3O2. The van der Waals surface area contributed by atoms with E-state index in [0.29, 0.717) is 11.5 Å². The highest BCUT2D eigenvalue weighted by Crippen LogP contribution is 2.27. The molecule has 2 aromatic heterocycles. The van der Waals surface area contributed by atoms with Gasteiger partial charge in [0.2, 0.25) is 0 Å². The number of carbonyl (C=O) groups is 1. The Labute approximate surface area is 116 Å². The van der Waals surface area contributed by atoms with E-state index in [1.54, 1.807) is 0 Å². The van der Waals surface area contributed by atoms with Crippen molar-refractivity contribution in [2.45, 2.75) is 13.8 Å². The van der Waals surface area contributed by atoms with Crippen molar-refractivity contribution in [2.24, 2.45) is 12.8 Å². The van der Waals surface area contributed by atoms with Crippen molar-refractivity contribution >= 4 is 17.0 Å². The van der Waals surface area contributed by atoms with E-state index in [1.807, 2.05) is 49.7 Å². The Bertz CT molecular complexity index is 827. The third-order valence-corrected chi connectivity index (χ3v) is 3.59. The maximum atomic E-state index is 11.4. The fourth-order valence-electron chi connectivity index (χ4n) is 2.43. The lowest BCUT2D eigenvalue weighted by Crippen LogP contribution is -2.11. The number of nitrogens with two attached hydrogens (primary N) is 1. The number of rotatable bonds is 2. The normalized spacial score (nSPS) is 11.2. The van der Waals surface area contributed by atoms with Gasteiger partial charge in [-0.2, -0.15) is 0 Å². The van der Waals surface area contributed by atoms with Crippen LogP contribution < -0.4 is 5.73 Å². The number of carbonyl (C=O) groups excluding carboxylic acids is 1. The second-order valence-corrected chi connectivity index (χ2v) is 4.87. The highest BCUT2D eigenvalue weighted by molar-refractivity contribution is 5.96. The first-order valence-electron chi connectivity index (χ1n) is 6.31. The van der Waals surface area contributed by atoms with Crippen molar-refractivity contribution in [3.05, 3.63) is 41.4 Å². The van der Waals surface area contributed by atoms with Gasteiger partial charge >= 0.3 is 0 Å². The summed E-state index contributed by atoms with van der Waals surface area (Å²) < 4.78 is 7.42. The summed E-state index contributed by atoms with van der Waals surface area (Å²) in [6.07, 6.45) is 0. The molecule has 102 valence electrons. The monoisotopic (exact) mass is 269 g/mol. The molecule has 5 heteroatoms. The zero-order chi connectivity index (χ0) is 14.4. The Morgan fingerprint density at radius 3 is 2.70 bits per heavy atom. The van der Waals surface area contributed by atoms with Gasteiger partial charge in [0.05, 0.1) is 5.56 Å². The van der Waals surface area contributed by atoms with E-state index in [9.17, 15) is 4.79 Å². The molecule has 0 bridgehead atoms. The number of amides is 1. The molecule has 5 nitrogen and oxygen atoms in total. The number of fused-ring (bicyclic) bond motifs is 1. The van der Waals surface area contributed by atoms with Crippen LogP contribution in [0, 0.1) is 13.8 Å². The lowest BCUT2D eigenvalue weighted by Gasteiger charge is -2.04. The Hall–Kier alpha value is -2.56. The van der Waals surface area contributed by atoms with E-state index in [4.69, 9.17) is 10.2 Å². The average Bonchev–Trinajstić information content (AvgIpc) is 2.89. The van der Waals surface area contributed by atoms with Crippen LogP contribution in [0.25, 0.3) is 22.4 Å². The quantitative estimate of drug-likeness (QED) is 0.777. The zero-order valence-electron chi connectivity index (χ0n) is 11.6. The minimum absolute atomic E-state index is 0.414. The molecule has 0 unspecified atom stereocenters. The van der Waals surface area contributed by atoms with E-state index in [1.165, 1.54) is 0 Å². The summed E-state index contributed by atoms with van der Waals surface area (Å²) in [5.74, 6) is 0.223. The number of hydrogen-bond donors (Lipinski definition) is 1. The number of benzene rings is 1. The van der Waals surface area contributed by atoms with Crippen molar-refractivity contribution in [1.82, 2.24) is 9.55 Å². The van der Waals surface area contributed by atoms with Gasteiger partial charge in [0.1, 0.15) is 5.52 Å². The van der Waals surface area contributed by atoms with Crippen molar-refractivity contribution in [3.8, 4) is 11.3 Å². The fourth-order valence-corrected chi connectivity index (χ4v) is 2.43. The Balaban J connectivity index is 2.19. The van der Waals surface area contributed by atoms with E-state index >= 15 is 0 Å². The summed E-state index contributed by atoms with van der Waals surface area (Å²) in [6, 6.07) is 7.60. The topological polar surface area (TPSA) is 74.0 Å². The molecule has 2 heterocycles. The molecular weight excluding hydrogens is 254 g/mol. The number of oxazole rings is 1. The molecule has 0 aliphatic carbocycles. The second kappa shape index (κ2) is 4.23. The summed E-state index contributed by atoms with van der Waals surface area (Å²) in [4.78, 5) is 15.7. The van der Waals surface area contributed by atoms with Gasteiger partial charge in [-0.05, 0) is 31.2 Å². The van der Waals surface area contributed by atoms with Gasteiger partial charge in [-0.15, -0.1) is 0 Å². The third-order valence-electron chi connectivity index (χ3n) is 3.59. The first-order valence-corrected chi connectivity index (χ1v) is 6.31. The van der Waals surface area contributed by atoms with Crippen LogP contribution in [-0.4, -0.2) is 15.5 Å². The minimum atomic E-state index is -0.414. The predicted octanol–water partition coefficient (Wildman–Crippen LogP) is 2.55. The Morgan fingerprint density at radius 2 is 2.05 bits per heavy atom. The molecule has 0 spiro atoms. The van der Waals surface area contributed by atoms with E-state index < -0.39 is 5.91 Å². The standard InChI is InChI=1S/C15H15N3O2/c1-8-11(15(16)19)7-13(18(8)3)10-4-5-14-12(6-10)17-9(2)20-14/h4-7H,1-3H3,(H2,16,19).